The molecule has 0 fully saturated rings. The lowest BCUT2D eigenvalue weighted by Crippen LogP contribution is -2.24. The fraction of sp³-hybridized carbons (Fsp3) is 0.0962. The third-order valence-corrected chi connectivity index (χ3v) is 10.5. The van der Waals surface area contributed by atoms with Crippen LogP contribution in [0.15, 0.2) is 188 Å². The van der Waals surface area contributed by atoms with Gasteiger partial charge in [0.25, 0.3) is 0 Å². The Kier molecular flexibility index (Phi) is 6.69. The summed E-state index contributed by atoms with van der Waals surface area (Å²) in [5.74, 6) is 0.967. The SMILES string of the molecule is [2H]c1nc(-n2c3cc(Oc4cccc(N5CN(c6c(-c7ccccc7)cccc6-c6ccccc6)c6ccccc65)c4)ccc3c3c([2H])c([2H])c([2H])c([2H])c32)c([2H])c(C(C)(C)C)c1[2H]. The molecule has 1 aliphatic heterocycles. The minimum atomic E-state index is -0.693. The summed E-state index contributed by atoms with van der Waals surface area (Å²) in [6.07, 6.45) is -0.335. The molecule has 9 aromatic rings. The van der Waals surface area contributed by atoms with Crippen LogP contribution in [0.4, 0.5) is 22.7 Å². The maximum atomic E-state index is 9.34. The van der Waals surface area contributed by atoms with E-state index in [1.807, 2.05) is 57.2 Å². The fourth-order valence-electron chi connectivity index (χ4n) is 7.78. The van der Waals surface area contributed by atoms with Crippen LogP contribution in [0.25, 0.3) is 49.9 Å². The van der Waals surface area contributed by atoms with Gasteiger partial charge in [-0.1, -0.05) is 136 Å². The molecule has 0 saturated carbocycles. The van der Waals surface area contributed by atoms with Gasteiger partial charge in [-0.3, -0.25) is 4.57 Å². The summed E-state index contributed by atoms with van der Waals surface area (Å²) in [5, 5.41) is 0.763. The van der Waals surface area contributed by atoms with E-state index in [9.17, 15) is 1.37 Å². The van der Waals surface area contributed by atoms with Crippen molar-refractivity contribution < 1.29 is 14.3 Å². The molecule has 7 aromatic carbocycles. The number of hydrogen-bond donors (Lipinski definition) is 0. The normalized spacial score (nSPS) is 14.4. The van der Waals surface area contributed by atoms with E-state index < -0.39 is 11.5 Å². The predicted molar refractivity (Wildman–Crippen MR) is 237 cm³/mol. The molecule has 3 heterocycles. The number of rotatable bonds is 7. The average Bonchev–Trinajstić information content (AvgIpc) is 3.85. The van der Waals surface area contributed by atoms with Crippen LogP contribution < -0.4 is 14.5 Å². The van der Waals surface area contributed by atoms with Gasteiger partial charge in [0.2, 0.25) is 0 Å². The van der Waals surface area contributed by atoms with Gasteiger partial charge >= 0.3 is 0 Å². The second-order valence-electron chi connectivity index (χ2n) is 15.2. The number of fused-ring (bicyclic) bond motifs is 4. The number of ether oxygens (including phenoxy) is 1. The van der Waals surface area contributed by atoms with Gasteiger partial charge in [-0.15, -0.1) is 0 Å². The molecule has 1 aliphatic rings. The highest BCUT2D eigenvalue weighted by atomic mass is 16.5. The molecule has 2 aromatic heterocycles. The Hall–Kier alpha value is -7.11. The molecular weight excluding hydrogens is 697 g/mol. The number of nitrogens with zero attached hydrogens (tertiary/aromatic N) is 4. The standard InChI is InChI=1S/C52H42N4O/c1-52(2,3)38-30-31-53-50(32-38)56-46-25-11-10-22-44(46)45-29-28-41(34-49(45)56)57-40-21-14-20-39(33-40)54-35-55(48-27-13-12-26-47(48)54)51-42(36-16-6-4-7-17-36)23-15-24-43(51)37-18-8-5-9-19-37/h4-34H,35H2,1-3H3/i10D,11D,22D,25D,30D,31D,32D. The first kappa shape index (κ1) is 27.5. The topological polar surface area (TPSA) is 33.5 Å². The lowest BCUT2D eigenvalue weighted by molar-refractivity contribution is 0.483. The molecule has 57 heavy (non-hydrogen) atoms. The Morgan fingerprint density at radius 2 is 1.25 bits per heavy atom. The van der Waals surface area contributed by atoms with Crippen molar-refractivity contribution in [3.05, 3.63) is 194 Å². The Morgan fingerprint density at radius 3 is 1.96 bits per heavy atom. The van der Waals surface area contributed by atoms with Gasteiger partial charge < -0.3 is 14.5 Å². The summed E-state index contributed by atoms with van der Waals surface area (Å²) in [6, 6.07) is 47.3. The first-order valence-electron chi connectivity index (χ1n) is 22.5. The lowest BCUT2D eigenvalue weighted by atomic mass is 9.88. The summed E-state index contributed by atoms with van der Waals surface area (Å²) >= 11 is 0. The number of anilines is 4. The number of pyridine rings is 1. The quantitative estimate of drug-likeness (QED) is 0.163. The smallest absolute Gasteiger partial charge is 0.137 e. The number of hydrogen-bond acceptors (Lipinski definition) is 4. The molecule has 0 amide bonds. The molecule has 276 valence electrons. The molecule has 0 unspecified atom stereocenters. The van der Waals surface area contributed by atoms with E-state index in [1.165, 1.54) is 4.57 Å². The van der Waals surface area contributed by atoms with Crippen LogP contribution in [-0.4, -0.2) is 16.2 Å². The lowest BCUT2D eigenvalue weighted by Gasteiger charge is -2.27. The van der Waals surface area contributed by atoms with Crippen molar-refractivity contribution in [2.24, 2.45) is 0 Å². The zero-order valence-electron chi connectivity index (χ0n) is 38.8. The van der Waals surface area contributed by atoms with Gasteiger partial charge in [-0.05, 0) is 76.6 Å². The summed E-state index contributed by atoms with van der Waals surface area (Å²) in [6.45, 7) is 6.12. The molecule has 0 spiro atoms. The predicted octanol–water partition coefficient (Wildman–Crippen LogP) is 13.8. The van der Waals surface area contributed by atoms with Crippen LogP contribution in [0.2, 0.25) is 0 Å². The maximum Gasteiger partial charge on any atom is 0.137 e. The fourth-order valence-corrected chi connectivity index (χ4v) is 7.78. The molecule has 0 bridgehead atoms. The third kappa shape index (κ3) is 6.18. The van der Waals surface area contributed by atoms with E-state index >= 15 is 0 Å². The molecule has 0 N–H and O–H groups in total. The van der Waals surface area contributed by atoms with E-state index in [2.05, 4.69) is 106 Å². The Labute approximate surface area is 343 Å². The largest absolute Gasteiger partial charge is 0.457 e. The number of benzene rings is 7. The summed E-state index contributed by atoms with van der Waals surface area (Å²) in [5.41, 5.74) is 8.74. The summed E-state index contributed by atoms with van der Waals surface area (Å²) in [4.78, 5) is 9.07. The van der Waals surface area contributed by atoms with Crippen molar-refractivity contribution in [3.63, 3.8) is 0 Å². The van der Waals surface area contributed by atoms with Crippen molar-refractivity contribution in [2.45, 2.75) is 26.2 Å². The van der Waals surface area contributed by atoms with Crippen molar-refractivity contribution in [3.8, 4) is 39.6 Å². The van der Waals surface area contributed by atoms with Crippen molar-refractivity contribution in [1.82, 2.24) is 9.55 Å². The highest BCUT2D eigenvalue weighted by Crippen LogP contribution is 2.50. The second-order valence-corrected chi connectivity index (χ2v) is 15.2. The highest BCUT2D eigenvalue weighted by Gasteiger charge is 2.31. The first-order chi connectivity index (χ1) is 30.8. The Balaban J connectivity index is 1.08. The second kappa shape index (κ2) is 13.9. The van der Waals surface area contributed by atoms with E-state index in [1.54, 1.807) is 18.2 Å². The van der Waals surface area contributed by atoms with Gasteiger partial charge in [-0.25, -0.2) is 4.98 Å². The minimum absolute atomic E-state index is 0.00313. The zero-order valence-corrected chi connectivity index (χ0v) is 31.8. The number of aromatic nitrogens is 2. The van der Waals surface area contributed by atoms with E-state index in [4.69, 9.17) is 13.0 Å². The van der Waals surface area contributed by atoms with E-state index in [0.29, 0.717) is 34.6 Å². The zero-order chi connectivity index (χ0) is 44.6. The van der Waals surface area contributed by atoms with E-state index in [-0.39, 0.29) is 53.1 Å². The molecule has 10 rings (SSSR count). The van der Waals surface area contributed by atoms with Crippen molar-refractivity contribution in [2.75, 3.05) is 16.5 Å². The Morgan fingerprint density at radius 1 is 0.596 bits per heavy atom. The summed E-state index contributed by atoms with van der Waals surface area (Å²) < 4.78 is 69.9. The van der Waals surface area contributed by atoms with Gasteiger partial charge in [0, 0.05) is 45.9 Å². The molecule has 5 nitrogen and oxygen atoms in total. The Bertz CT molecular complexity index is 3260. The van der Waals surface area contributed by atoms with Crippen molar-refractivity contribution in [1.29, 1.82) is 0 Å². The van der Waals surface area contributed by atoms with Gasteiger partial charge in [0.1, 0.15) is 24.0 Å². The summed E-state index contributed by atoms with van der Waals surface area (Å²) in [7, 11) is 0. The van der Waals surface area contributed by atoms with Crippen LogP contribution in [0.3, 0.4) is 0 Å². The molecule has 5 heteroatoms. The van der Waals surface area contributed by atoms with Crippen LogP contribution in [0.5, 0.6) is 11.5 Å². The maximum absolute atomic E-state index is 9.34. The highest BCUT2D eigenvalue weighted by molar-refractivity contribution is 6.09. The molecule has 0 aliphatic carbocycles. The number of para-hydroxylation sites is 4. The van der Waals surface area contributed by atoms with E-state index in [0.717, 1.165) is 45.0 Å². The van der Waals surface area contributed by atoms with Crippen molar-refractivity contribution >= 4 is 44.6 Å². The molecule has 0 radical (unpaired) electrons. The van der Waals surface area contributed by atoms with Gasteiger partial charge in [0.15, 0.2) is 0 Å². The molecule has 0 saturated heterocycles. The third-order valence-electron chi connectivity index (χ3n) is 10.5. The average molecular weight is 746 g/mol. The molecule has 0 atom stereocenters. The molecular formula is C52H42N4O. The van der Waals surface area contributed by atoms with Crippen LogP contribution >= 0.6 is 0 Å². The van der Waals surface area contributed by atoms with Crippen LogP contribution in [-0.2, 0) is 5.41 Å². The van der Waals surface area contributed by atoms with Crippen LogP contribution in [0.1, 0.15) is 35.9 Å². The monoisotopic (exact) mass is 745 g/mol. The minimum Gasteiger partial charge on any atom is -0.457 e. The van der Waals surface area contributed by atoms with Gasteiger partial charge in [-0.2, -0.15) is 0 Å². The van der Waals surface area contributed by atoms with Crippen LogP contribution in [0, 0.1) is 0 Å². The van der Waals surface area contributed by atoms with Gasteiger partial charge in [0.05, 0.1) is 37.7 Å². The first-order valence-corrected chi connectivity index (χ1v) is 19.0.